The zero-order chi connectivity index (χ0) is 13.8. The van der Waals surface area contributed by atoms with Crippen LogP contribution in [0.4, 0.5) is 0 Å². The first-order valence-electron chi connectivity index (χ1n) is 6.11. The molecule has 0 spiro atoms. The number of hydrogen-bond donors (Lipinski definition) is 1. The highest BCUT2D eigenvalue weighted by molar-refractivity contribution is 9.10. The molecule has 1 atom stereocenters. The van der Waals surface area contributed by atoms with Gasteiger partial charge in [-0.2, -0.15) is 0 Å². The minimum atomic E-state index is -0.197. The summed E-state index contributed by atoms with van der Waals surface area (Å²) >= 11 is 10.9. The van der Waals surface area contributed by atoms with E-state index in [1.54, 1.807) is 0 Å². The van der Waals surface area contributed by atoms with Crippen LogP contribution in [0.15, 0.2) is 10.5 Å². The molecule has 1 aliphatic rings. The minimum absolute atomic E-state index is 0.130. The van der Waals surface area contributed by atoms with Crippen LogP contribution in [0.25, 0.3) is 0 Å². The van der Waals surface area contributed by atoms with E-state index in [4.69, 9.17) is 16.3 Å². The Labute approximate surface area is 130 Å². The van der Waals surface area contributed by atoms with Crippen LogP contribution in [-0.4, -0.2) is 43.2 Å². The fraction of sp³-hybridized carbons (Fsp3) is 0.583. The van der Waals surface area contributed by atoms with Crippen molar-refractivity contribution in [1.29, 1.82) is 0 Å². The molecule has 0 aliphatic carbocycles. The molecule has 1 saturated heterocycles. The number of nitrogens with zero attached hydrogens (tertiary/aromatic N) is 1. The average molecular weight is 368 g/mol. The van der Waals surface area contributed by atoms with E-state index in [9.17, 15) is 4.79 Å². The lowest BCUT2D eigenvalue weighted by Gasteiger charge is -2.29. The third-order valence-corrected chi connectivity index (χ3v) is 5.45. The van der Waals surface area contributed by atoms with Crippen molar-refractivity contribution in [3.8, 4) is 0 Å². The van der Waals surface area contributed by atoms with Crippen molar-refractivity contribution < 1.29 is 9.53 Å². The SMILES string of the molecule is CC(NCc1cc(Br)c(Cl)s1)C(=O)N1CCOCC1. The maximum absolute atomic E-state index is 12.2. The van der Waals surface area contributed by atoms with Crippen molar-refractivity contribution in [2.75, 3.05) is 26.3 Å². The van der Waals surface area contributed by atoms with Gasteiger partial charge >= 0.3 is 0 Å². The zero-order valence-corrected chi connectivity index (χ0v) is 13.8. The monoisotopic (exact) mass is 366 g/mol. The molecule has 1 fully saturated rings. The lowest BCUT2D eigenvalue weighted by molar-refractivity contribution is -0.137. The third kappa shape index (κ3) is 4.16. The van der Waals surface area contributed by atoms with E-state index in [0.717, 1.165) is 13.7 Å². The number of halogens is 2. The molecule has 0 radical (unpaired) electrons. The average Bonchev–Trinajstić information content (AvgIpc) is 2.75. The van der Waals surface area contributed by atoms with E-state index >= 15 is 0 Å². The highest BCUT2D eigenvalue weighted by Crippen LogP contribution is 2.31. The molecule has 2 heterocycles. The molecule has 1 amide bonds. The number of hydrogen-bond acceptors (Lipinski definition) is 4. The first-order valence-corrected chi connectivity index (χ1v) is 8.10. The van der Waals surface area contributed by atoms with Crippen LogP contribution in [-0.2, 0) is 16.1 Å². The minimum Gasteiger partial charge on any atom is -0.378 e. The predicted molar refractivity (Wildman–Crippen MR) is 80.7 cm³/mol. The lowest BCUT2D eigenvalue weighted by Crippen LogP contribution is -2.48. The zero-order valence-electron chi connectivity index (χ0n) is 10.6. The molecular weight excluding hydrogens is 352 g/mol. The molecule has 1 aliphatic heterocycles. The van der Waals surface area contributed by atoms with Gasteiger partial charge in [0.1, 0.15) is 4.34 Å². The van der Waals surface area contributed by atoms with Gasteiger partial charge < -0.3 is 15.0 Å². The molecule has 4 nitrogen and oxygen atoms in total. The maximum atomic E-state index is 12.2. The van der Waals surface area contributed by atoms with Crippen LogP contribution in [0.5, 0.6) is 0 Å². The first-order chi connectivity index (χ1) is 9.08. The van der Waals surface area contributed by atoms with Crippen LogP contribution in [0, 0.1) is 0 Å². The Balaban J connectivity index is 1.83. The number of morpholine rings is 1. The van der Waals surface area contributed by atoms with Crippen LogP contribution in [0.1, 0.15) is 11.8 Å². The van der Waals surface area contributed by atoms with Gasteiger partial charge in [0, 0.05) is 29.0 Å². The maximum Gasteiger partial charge on any atom is 0.239 e. The summed E-state index contributed by atoms with van der Waals surface area (Å²) in [5, 5.41) is 3.24. The van der Waals surface area contributed by atoms with E-state index in [1.165, 1.54) is 11.3 Å². The first kappa shape index (κ1) is 15.3. The quantitative estimate of drug-likeness (QED) is 0.889. The Hall–Kier alpha value is -0.140. The van der Waals surface area contributed by atoms with Gasteiger partial charge in [0.2, 0.25) is 5.91 Å². The molecule has 1 aromatic heterocycles. The van der Waals surface area contributed by atoms with Crippen LogP contribution in [0.2, 0.25) is 4.34 Å². The molecule has 7 heteroatoms. The van der Waals surface area contributed by atoms with Gasteiger partial charge in [0.25, 0.3) is 0 Å². The number of nitrogens with one attached hydrogen (secondary N) is 1. The summed E-state index contributed by atoms with van der Waals surface area (Å²) in [5.74, 6) is 0.130. The summed E-state index contributed by atoms with van der Waals surface area (Å²) in [5.41, 5.74) is 0. The lowest BCUT2D eigenvalue weighted by atomic mass is 10.2. The van der Waals surface area contributed by atoms with Crippen molar-refractivity contribution in [3.05, 3.63) is 19.8 Å². The standard InChI is InChI=1S/C12H16BrClN2O2S/c1-8(12(17)16-2-4-18-5-3-16)15-7-9-6-10(13)11(14)19-9/h6,8,15H,2-5,7H2,1H3. The highest BCUT2D eigenvalue weighted by Gasteiger charge is 2.22. The number of rotatable bonds is 4. The summed E-state index contributed by atoms with van der Waals surface area (Å²) in [4.78, 5) is 15.1. The largest absolute Gasteiger partial charge is 0.378 e. The Bertz CT molecular complexity index is 429. The van der Waals surface area contributed by atoms with Gasteiger partial charge in [-0.05, 0) is 28.9 Å². The van der Waals surface area contributed by atoms with Gasteiger partial charge in [-0.25, -0.2) is 0 Å². The Morgan fingerprint density at radius 1 is 1.63 bits per heavy atom. The molecule has 1 aromatic rings. The number of carbonyl (C=O) groups is 1. The fourth-order valence-corrected chi connectivity index (χ4v) is 3.62. The number of amides is 1. The Morgan fingerprint density at radius 3 is 2.89 bits per heavy atom. The molecule has 2 rings (SSSR count). The smallest absolute Gasteiger partial charge is 0.239 e. The molecule has 1 N–H and O–H groups in total. The molecule has 0 bridgehead atoms. The van der Waals surface area contributed by atoms with Crippen LogP contribution in [0.3, 0.4) is 0 Å². The normalized spacial score (nSPS) is 17.5. The van der Waals surface area contributed by atoms with E-state index in [-0.39, 0.29) is 11.9 Å². The molecule has 106 valence electrons. The molecule has 19 heavy (non-hydrogen) atoms. The molecule has 0 saturated carbocycles. The van der Waals surface area contributed by atoms with Gasteiger partial charge in [-0.1, -0.05) is 11.6 Å². The predicted octanol–water partition coefficient (Wildman–Crippen LogP) is 2.50. The van der Waals surface area contributed by atoms with E-state index < -0.39 is 0 Å². The number of ether oxygens (including phenoxy) is 1. The third-order valence-electron chi connectivity index (χ3n) is 2.97. The summed E-state index contributed by atoms with van der Waals surface area (Å²) < 4.78 is 6.89. The van der Waals surface area contributed by atoms with E-state index in [1.807, 2.05) is 17.9 Å². The van der Waals surface area contributed by atoms with E-state index in [2.05, 4.69) is 21.2 Å². The summed E-state index contributed by atoms with van der Waals surface area (Å²) in [6.07, 6.45) is 0. The summed E-state index contributed by atoms with van der Waals surface area (Å²) in [6, 6.07) is 1.78. The van der Waals surface area contributed by atoms with Gasteiger partial charge in [-0.15, -0.1) is 11.3 Å². The summed E-state index contributed by atoms with van der Waals surface area (Å²) in [7, 11) is 0. The highest BCUT2D eigenvalue weighted by atomic mass is 79.9. The number of carbonyl (C=O) groups excluding carboxylic acids is 1. The molecule has 0 aromatic carbocycles. The van der Waals surface area contributed by atoms with E-state index in [0.29, 0.717) is 32.8 Å². The second-order valence-corrected chi connectivity index (χ2v) is 6.97. The van der Waals surface area contributed by atoms with Crippen molar-refractivity contribution in [2.45, 2.75) is 19.5 Å². The fourth-order valence-electron chi connectivity index (χ4n) is 1.88. The van der Waals surface area contributed by atoms with Gasteiger partial charge in [0.15, 0.2) is 0 Å². The van der Waals surface area contributed by atoms with Crippen molar-refractivity contribution in [3.63, 3.8) is 0 Å². The summed E-state index contributed by atoms with van der Waals surface area (Å²) in [6.45, 7) is 5.16. The van der Waals surface area contributed by atoms with Gasteiger partial charge in [0.05, 0.1) is 19.3 Å². The molecular formula is C12H16BrClN2O2S. The second kappa shape index (κ2) is 7.04. The molecule has 1 unspecified atom stereocenters. The van der Waals surface area contributed by atoms with Gasteiger partial charge in [-0.3, -0.25) is 4.79 Å². The van der Waals surface area contributed by atoms with Crippen molar-refractivity contribution >= 4 is 44.8 Å². The van der Waals surface area contributed by atoms with Crippen LogP contribution < -0.4 is 5.32 Å². The van der Waals surface area contributed by atoms with Crippen LogP contribution >= 0.6 is 38.9 Å². The number of thiophene rings is 1. The Morgan fingerprint density at radius 2 is 2.32 bits per heavy atom. The van der Waals surface area contributed by atoms with Crippen molar-refractivity contribution in [2.24, 2.45) is 0 Å². The topological polar surface area (TPSA) is 41.6 Å². The second-order valence-electron chi connectivity index (χ2n) is 4.37. The van der Waals surface area contributed by atoms with Crippen molar-refractivity contribution in [1.82, 2.24) is 10.2 Å². The Kier molecular flexibility index (Phi) is 5.65.